The van der Waals surface area contributed by atoms with E-state index in [0.717, 1.165) is 42.6 Å². The Kier molecular flexibility index (Phi) is 4.98. The predicted molar refractivity (Wildman–Crippen MR) is 105 cm³/mol. The Morgan fingerprint density at radius 1 is 1.10 bits per heavy atom. The number of nitrogens with zero attached hydrogens (tertiary/aromatic N) is 4. The Balaban J connectivity index is 1.76. The fourth-order valence-corrected chi connectivity index (χ4v) is 3.49. The molecule has 0 amide bonds. The molecule has 0 bridgehead atoms. The highest BCUT2D eigenvalue weighted by atomic mass is 19.4. The zero-order valence-electron chi connectivity index (χ0n) is 15.6. The number of nitrogens with one attached hydrogen (secondary N) is 1. The van der Waals surface area contributed by atoms with Crippen molar-refractivity contribution in [2.75, 3.05) is 16.8 Å². The van der Waals surface area contributed by atoms with Crippen molar-refractivity contribution < 1.29 is 18.1 Å². The van der Waals surface area contributed by atoms with Gasteiger partial charge in [-0.2, -0.15) is 13.2 Å². The average Bonchev–Trinajstić information content (AvgIpc) is 2.72. The van der Waals surface area contributed by atoms with Gasteiger partial charge in [-0.3, -0.25) is 10.1 Å². The number of anilines is 4. The molecule has 0 radical (unpaired) electrons. The molecule has 0 saturated carbocycles. The number of rotatable bonds is 4. The summed E-state index contributed by atoms with van der Waals surface area (Å²) in [5, 5.41) is 14.5. The number of aryl methyl sites for hydroxylation is 1. The summed E-state index contributed by atoms with van der Waals surface area (Å²) in [4.78, 5) is 21.1. The van der Waals surface area contributed by atoms with Crippen molar-refractivity contribution in [3.8, 4) is 0 Å². The van der Waals surface area contributed by atoms with E-state index in [1.54, 1.807) is 4.90 Å². The fraction of sp³-hybridized carbons (Fsp3) is 0.200. The minimum Gasteiger partial charge on any atom is -0.334 e. The summed E-state index contributed by atoms with van der Waals surface area (Å²) >= 11 is 0. The van der Waals surface area contributed by atoms with Gasteiger partial charge in [0.2, 0.25) is 11.6 Å². The number of para-hydroxylation sites is 1. The monoisotopic (exact) mass is 415 g/mol. The summed E-state index contributed by atoms with van der Waals surface area (Å²) in [6.45, 7) is 0.526. The molecule has 2 aromatic carbocycles. The number of hydrogen-bond acceptors (Lipinski definition) is 6. The summed E-state index contributed by atoms with van der Waals surface area (Å²) < 4.78 is 39.0. The molecule has 0 atom stereocenters. The van der Waals surface area contributed by atoms with Crippen LogP contribution in [0, 0.1) is 10.1 Å². The highest BCUT2D eigenvalue weighted by Gasteiger charge is 2.32. The molecule has 3 aromatic rings. The second kappa shape index (κ2) is 7.62. The maximum absolute atomic E-state index is 13.0. The van der Waals surface area contributed by atoms with Gasteiger partial charge in [-0.15, -0.1) is 0 Å². The van der Waals surface area contributed by atoms with E-state index in [2.05, 4.69) is 15.3 Å². The molecule has 30 heavy (non-hydrogen) atoms. The third-order valence-electron chi connectivity index (χ3n) is 4.80. The average molecular weight is 415 g/mol. The number of alkyl halides is 3. The van der Waals surface area contributed by atoms with Crippen LogP contribution in [0.3, 0.4) is 0 Å². The Hall–Kier alpha value is -3.69. The van der Waals surface area contributed by atoms with Crippen molar-refractivity contribution in [2.24, 2.45) is 0 Å². The highest BCUT2D eigenvalue weighted by Crippen LogP contribution is 2.40. The van der Waals surface area contributed by atoms with Crippen LogP contribution in [0.1, 0.15) is 17.5 Å². The molecule has 1 N–H and O–H groups in total. The summed E-state index contributed by atoms with van der Waals surface area (Å²) in [6.07, 6.45) is -1.73. The van der Waals surface area contributed by atoms with E-state index in [1.165, 1.54) is 12.1 Å². The SMILES string of the molecule is O=[N+]([O-])c1c(Nc2cccc(C(F)(F)F)c2)ncnc1N1CCCc2ccccc21. The zero-order chi connectivity index (χ0) is 21.3. The minimum atomic E-state index is -4.53. The van der Waals surface area contributed by atoms with Crippen LogP contribution in [0.5, 0.6) is 0 Å². The molecular weight excluding hydrogens is 399 g/mol. The van der Waals surface area contributed by atoms with Gasteiger partial charge in [0.25, 0.3) is 0 Å². The maximum atomic E-state index is 13.0. The smallest absolute Gasteiger partial charge is 0.334 e. The van der Waals surface area contributed by atoms with Gasteiger partial charge in [-0.05, 0) is 42.7 Å². The fourth-order valence-electron chi connectivity index (χ4n) is 3.49. The minimum absolute atomic E-state index is 0.0385. The number of halogens is 3. The molecule has 1 aliphatic heterocycles. The van der Waals surface area contributed by atoms with Crippen molar-refractivity contribution >= 4 is 28.7 Å². The molecule has 7 nitrogen and oxygen atoms in total. The lowest BCUT2D eigenvalue weighted by atomic mass is 10.0. The van der Waals surface area contributed by atoms with Crippen molar-refractivity contribution in [2.45, 2.75) is 19.0 Å². The van der Waals surface area contributed by atoms with Crippen molar-refractivity contribution in [1.82, 2.24) is 9.97 Å². The van der Waals surface area contributed by atoms with Crippen LogP contribution in [0.2, 0.25) is 0 Å². The van der Waals surface area contributed by atoms with Gasteiger partial charge in [-0.25, -0.2) is 9.97 Å². The third kappa shape index (κ3) is 3.76. The molecule has 1 aromatic heterocycles. The molecule has 0 saturated heterocycles. The van der Waals surface area contributed by atoms with Crippen LogP contribution >= 0.6 is 0 Å². The van der Waals surface area contributed by atoms with Gasteiger partial charge in [0, 0.05) is 17.9 Å². The van der Waals surface area contributed by atoms with E-state index >= 15 is 0 Å². The summed E-state index contributed by atoms with van der Waals surface area (Å²) in [6, 6.07) is 12.0. The summed E-state index contributed by atoms with van der Waals surface area (Å²) in [5.74, 6) is -0.0796. The Bertz CT molecular complexity index is 1100. The van der Waals surface area contributed by atoms with Crippen molar-refractivity contribution in [3.05, 3.63) is 76.1 Å². The van der Waals surface area contributed by atoms with E-state index in [1.807, 2.05) is 24.3 Å². The van der Waals surface area contributed by atoms with E-state index in [0.29, 0.717) is 6.54 Å². The van der Waals surface area contributed by atoms with E-state index in [4.69, 9.17) is 0 Å². The molecular formula is C20H16F3N5O2. The Morgan fingerprint density at radius 2 is 1.90 bits per heavy atom. The molecule has 2 heterocycles. The summed E-state index contributed by atoms with van der Waals surface area (Å²) in [7, 11) is 0. The van der Waals surface area contributed by atoms with Crippen molar-refractivity contribution in [1.29, 1.82) is 0 Å². The molecule has 1 aliphatic rings. The molecule has 154 valence electrons. The van der Waals surface area contributed by atoms with Gasteiger partial charge in [0.1, 0.15) is 6.33 Å². The maximum Gasteiger partial charge on any atom is 0.416 e. The highest BCUT2D eigenvalue weighted by molar-refractivity contribution is 5.79. The normalized spacial score (nSPS) is 13.6. The lowest BCUT2D eigenvalue weighted by molar-refractivity contribution is -0.383. The molecule has 0 aliphatic carbocycles. The summed E-state index contributed by atoms with van der Waals surface area (Å²) in [5.41, 5.74) is 0.636. The number of nitro groups is 1. The standard InChI is InChI=1S/C20H16F3N5O2/c21-20(22,23)14-7-3-8-15(11-14)26-18-17(28(29)30)19(25-12-24-18)27-10-4-6-13-5-1-2-9-16(13)27/h1-3,5,7-9,11-12H,4,6,10H2,(H,24,25,26). The molecule has 4 rings (SSSR count). The number of hydrogen-bond donors (Lipinski definition) is 1. The number of aromatic nitrogens is 2. The first-order chi connectivity index (χ1) is 14.3. The molecule has 0 unspecified atom stereocenters. The van der Waals surface area contributed by atoms with Gasteiger partial charge >= 0.3 is 11.9 Å². The first-order valence-electron chi connectivity index (χ1n) is 9.14. The van der Waals surface area contributed by atoms with E-state index < -0.39 is 22.4 Å². The number of fused-ring (bicyclic) bond motifs is 1. The van der Waals surface area contributed by atoms with Gasteiger partial charge in [0.15, 0.2) is 0 Å². The van der Waals surface area contributed by atoms with Crippen LogP contribution in [0.15, 0.2) is 54.9 Å². The van der Waals surface area contributed by atoms with Gasteiger partial charge in [-0.1, -0.05) is 24.3 Å². The van der Waals surface area contributed by atoms with Crippen LogP contribution in [-0.2, 0) is 12.6 Å². The van der Waals surface area contributed by atoms with E-state index in [-0.39, 0.29) is 17.3 Å². The Labute approximate surface area is 169 Å². The lowest BCUT2D eigenvalue weighted by Gasteiger charge is -2.30. The van der Waals surface area contributed by atoms with Gasteiger partial charge < -0.3 is 10.2 Å². The predicted octanol–water partition coefficient (Wildman–Crippen LogP) is 5.23. The van der Waals surface area contributed by atoms with Crippen LogP contribution in [0.25, 0.3) is 0 Å². The number of benzene rings is 2. The second-order valence-electron chi connectivity index (χ2n) is 6.74. The second-order valence-corrected chi connectivity index (χ2v) is 6.74. The topological polar surface area (TPSA) is 84.2 Å². The zero-order valence-corrected chi connectivity index (χ0v) is 15.6. The first-order valence-corrected chi connectivity index (χ1v) is 9.14. The first kappa shape index (κ1) is 19.6. The van der Waals surface area contributed by atoms with Gasteiger partial charge in [0.05, 0.1) is 10.5 Å². The third-order valence-corrected chi connectivity index (χ3v) is 4.80. The molecule has 10 heteroatoms. The quantitative estimate of drug-likeness (QED) is 0.464. The largest absolute Gasteiger partial charge is 0.416 e. The van der Waals surface area contributed by atoms with Crippen LogP contribution < -0.4 is 10.2 Å². The molecule has 0 spiro atoms. The molecule has 0 fully saturated rings. The Morgan fingerprint density at radius 3 is 2.67 bits per heavy atom. The lowest BCUT2D eigenvalue weighted by Crippen LogP contribution is -2.26. The van der Waals surface area contributed by atoms with Crippen LogP contribution in [-0.4, -0.2) is 21.4 Å². The van der Waals surface area contributed by atoms with Crippen LogP contribution in [0.4, 0.5) is 41.9 Å². The van der Waals surface area contributed by atoms with E-state index in [9.17, 15) is 23.3 Å². The van der Waals surface area contributed by atoms with Crippen molar-refractivity contribution in [3.63, 3.8) is 0 Å².